The van der Waals surface area contributed by atoms with Gasteiger partial charge in [0.2, 0.25) is 5.91 Å². The van der Waals surface area contributed by atoms with E-state index in [-0.39, 0.29) is 22.9 Å². The van der Waals surface area contributed by atoms with Crippen LogP contribution >= 0.6 is 11.8 Å². The predicted molar refractivity (Wildman–Crippen MR) is 120 cm³/mol. The van der Waals surface area contributed by atoms with Crippen molar-refractivity contribution in [2.45, 2.75) is 36.8 Å². The average Bonchev–Trinajstić information content (AvgIpc) is 3.51. The van der Waals surface area contributed by atoms with E-state index >= 15 is 0 Å². The molecule has 3 aromatic rings. The lowest BCUT2D eigenvalue weighted by molar-refractivity contribution is -0.141. The number of amides is 2. The molecule has 1 aromatic heterocycles. The first kappa shape index (κ1) is 22.9. The molecule has 1 aliphatic rings. The summed E-state index contributed by atoms with van der Waals surface area (Å²) in [5, 5.41) is 5.66. The van der Waals surface area contributed by atoms with E-state index in [0.29, 0.717) is 22.5 Å². The van der Waals surface area contributed by atoms with Crippen LogP contribution in [0.15, 0.2) is 66.0 Å². The summed E-state index contributed by atoms with van der Waals surface area (Å²) in [5.41, 5.74) is 1.80. The van der Waals surface area contributed by atoms with E-state index in [1.807, 2.05) is 0 Å². The van der Waals surface area contributed by atoms with E-state index in [4.69, 9.17) is 0 Å². The number of nitrogens with zero attached hydrogens (tertiary/aromatic N) is 2. The van der Waals surface area contributed by atoms with E-state index in [0.717, 1.165) is 29.2 Å². The molecular weight excluding hydrogens is 453 g/mol. The van der Waals surface area contributed by atoms with Crippen molar-refractivity contribution in [1.82, 2.24) is 14.9 Å². The highest BCUT2D eigenvalue weighted by atomic mass is 32.2. The third-order valence-corrected chi connectivity index (χ3v) is 5.87. The first-order valence-corrected chi connectivity index (χ1v) is 11.3. The van der Waals surface area contributed by atoms with Gasteiger partial charge in [-0.3, -0.25) is 9.59 Å². The number of halogens is 3. The van der Waals surface area contributed by atoms with Gasteiger partial charge in [0.1, 0.15) is 6.54 Å². The molecule has 2 N–H and O–H groups in total. The molecule has 33 heavy (non-hydrogen) atoms. The van der Waals surface area contributed by atoms with Crippen LogP contribution in [0.4, 0.5) is 18.9 Å². The SMILES string of the molecule is O=C(CSc1ncc(-c2ccccc2)n1CC(F)(F)F)Nc1cccc(C(=O)NC2CC2)c1. The van der Waals surface area contributed by atoms with Crippen molar-refractivity contribution in [2.75, 3.05) is 11.1 Å². The topological polar surface area (TPSA) is 76.0 Å². The third-order valence-electron chi connectivity index (χ3n) is 4.88. The van der Waals surface area contributed by atoms with Gasteiger partial charge in [-0.1, -0.05) is 48.2 Å². The molecule has 4 rings (SSSR count). The molecule has 1 fully saturated rings. The van der Waals surface area contributed by atoms with Gasteiger partial charge in [0.05, 0.1) is 17.6 Å². The fourth-order valence-corrected chi connectivity index (χ4v) is 3.99. The summed E-state index contributed by atoms with van der Waals surface area (Å²) in [4.78, 5) is 28.7. The second kappa shape index (κ2) is 9.70. The van der Waals surface area contributed by atoms with Crippen LogP contribution in [0.2, 0.25) is 0 Å². The average molecular weight is 475 g/mol. The number of anilines is 1. The molecule has 0 radical (unpaired) electrons. The Hall–Kier alpha value is -3.27. The van der Waals surface area contributed by atoms with Crippen molar-refractivity contribution in [3.05, 3.63) is 66.4 Å². The third kappa shape index (κ3) is 6.38. The molecule has 2 aromatic carbocycles. The number of carbonyl (C=O) groups is 2. The lowest BCUT2D eigenvalue weighted by Crippen LogP contribution is -2.25. The Morgan fingerprint density at radius 1 is 1.09 bits per heavy atom. The molecule has 1 heterocycles. The second-order valence-corrected chi connectivity index (χ2v) is 8.60. The van der Waals surface area contributed by atoms with Gasteiger partial charge >= 0.3 is 6.18 Å². The van der Waals surface area contributed by atoms with Gasteiger partial charge in [0, 0.05) is 17.3 Å². The van der Waals surface area contributed by atoms with Crippen LogP contribution in [-0.4, -0.2) is 39.3 Å². The van der Waals surface area contributed by atoms with Gasteiger partial charge < -0.3 is 15.2 Å². The molecule has 1 saturated carbocycles. The molecule has 6 nitrogen and oxygen atoms in total. The molecule has 0 unspecified atom stereocenters. The Bertz CT molecular complexity index is 1140. The summed E-state index contributed by atoms with van der Waals surface area (Å²) in [6, 6.07) is 15.4. The molecule has 10 heteroatoms. The van der Waals surface area contributed by atoms with E-state index in [9.17, 15) is 22.8 Å². The maximum Gasteiger partial charge on any atom is 0.406 e. The zero-order valence-corrected chi connectivity index (χ0v) is 18.2. The zero-order chi connectivity index (χ0) is 23.4. The maximum atomic E-state index is 13.2. The van der Waals surface area contributed by atoms with E-state index < -0.39 is 18.6 Å². The number of imidazole rings is 1. The fraction of sp³-hybridized carbons (Fsp3) is 0.261. The smallest absolute Gasteiger partial charge is 0.349 e. The number of hydrogen-bond donors (Lipinski definition) is 2. The minimum absolute atomic E-state index is 0.0962. The van der Waals surface area contributed by atoms with Crippen LogP contribution < -0.4 is 10.6 Å². The van der Waals surface area contributed by atoms with Crippen molar-refractivity contribution < 1.29 is 22.8 Å². The van der Waals surface area contributed by atoms with Gasteiger partial charge in [0.25, 0.3) is 5.91 Å². The molecule has 0 atom stereocenters. The van der Waals surface area contributed by atoms with Gasteiger partial charge in [-0.25, -0.2) is 4.98 Å². The number of benzene rings is 2. The summed E-state index contributed by atoms with van der Waals surface area (Å²) in [7, 11) is 0. The normalized spacial score (nSPS) is 13.5. The Labute approximate surface area is 192 Å². The molecule has 0 bridgehead atoms. The van der Waals surface area contributed by atoms with E-state index in [1.54, 1.807) is 54.6 Å². The number of thioether (sulfide) groups is 1. The quantitative estimate of drug-likeness (QED) is 0.463. The lowest BCUT2D eigenvalue weighted by Gasteiger charge is -2.14. The summed E-state index contributed by atoms with van der Waals surface area (Å²) < 4.78 is 40.7. The molecule has 2 amide bonds. The van der Waals surface area contributed by atoms with Crippen LogP contribution in [-0.2, 0) is 11.3 Å². The molecule has 1 aliphatic carbocycles. The molecule has 172 valence electrons. The second-order valence-electron chi connectivity index (χ2n) is 7.66. The van der Waals surface area contributed by atoms with Crippen molar-refractivity contribution >= 4 is 29.3 Å². The highest BCUT2D eigenvalue weighted by Gasteiger charge is 2.31. The van der Waals surface area contributed by atoms with E-state index in [1.165, 1.54) is 6.20 Å². The molecule has 0 spiro atoms. The first-order valence-electron chi connectivity index (χ1n) is 10.3. The van der Waals surface area contributed by atoms with Crippen molar-refractivity contribution in [1.29, 1.82) is 0 Å². The van der Waals surface area contributed by atoms with E-state index in [2.05, 4.69) is 15.6 Å². The number of hydrogen-bond acceptors (Lipinski definition) is 4. The van der Waals surface area contributed by atoms with Crippen LogP contribution in [0, 0.1) is 0 Å². The summed E-state index contributed by atoms with van der Waals surface area (Å²) >= 11 is 0.918. The number of alkyl halides is 3. The zero-order valence-electron chi connectivity index (χ0n) is 17.4. The van der Waals surface area contributed by atoms with Gasteiger partial charge in [-0.05, 0) is 36.6 Å². The Kier molecular flexibility index (Phi) is 6.73. The minimum Gasteiger partial charge on any atom is -0.349 e. The standard InChI is InChI=1S/C23H21F3N4O2S/c24-23(25,26)14-30-19(15-5-2-1-3-6-15)12-27-22(30)33-13-20(31)28-18-8-4-7-16(11-18)21(32)29-17-9-10-17/h1-8,11-12,17H,9-10,13-14H2,(H,28,31)(H,29,32). The summed E-state index contributed by atoms with van der Waals surface area (Å²) in [5.74, 6) is -0.755. The van der Waals surface area contributed by atoms with Gasteiger partial charge in [-0.15, -0.1) is 0 Å². The number of carbonyl (C=O) groups excluding carboxylic acids is 2. The van der Waals surface area contributed by atoms with Crippen LogP contribution in [0.25, 0.3) is 11.3 Å². The molecular formula is C23H21F3N4O2S. The number of rotatable bonds is 8. The predicted octanol–water partition coefficient (Wildman–Crippen LogP) is 4.74. The van der Waals surface area contributed by atoms with Gasteiger partial charge in [-0.2, -0.15) is 13.2 Å². The highest BCUT2D eigenvalue weighted by Crippen LogP contribution is 2.30. The highest BCUT2D eigenvalue weighted by molar-refractivity contribution is 7.99. The Morgan fingerprint density at radius 2 is 1.85 bits per heavy atom. The Morgan fingerprint density at radius 3 is 2.55 bits per heavy atom. The summed E-state index contributed by atoms with van der Waals surface area (Å²) in [6.07, 6.45) is -1.13. The lowest BCUT2D eigenvalue weighted by atomic mass is 10.2. The monoisotopic (exact) mass is 474 g/mol. The van der Waals surface area contributed by atoms with Crippen LogP contribution in [0.1, 0.15) is 23.2 Å². The van der Waals surface area contributed by atoms with Crippen LogP contribution in [0.3, 0.4) is 0 Å². The Balaban J connectivity index is 1.43. The largest absolute Gasteiger partial charge is 0.406 e. The van der Waals surface area contributed by atoms with Crippen molar-refractivity contribution in [3.63, 3.8) is 0 Å². The van der Waals surface area contributed by atoms with Crippen molar-refractivity contribution in [2.24, 2.45) is 0 Å². The minimum atomic E-state index is -4.44. The van der Waals surface area contributed by atoms with Crippen LogP contribution in [0.5, 0.6) is 0 Å². The maximum absolute atomic E-state index is 13.2. The molecule has 0 aliphatic heterocycles. The number of nitrogens with one attached hydrogen (secondary N) is 2. The number of aromatic nitrogens is 2. The molecule has 0 saturated heterocycles. The van der Waals surface area contributed by atoms with Crippen molar-refractivity contribution in [3.8, 4) is 11.3 Å². The van der Waals surface area contributed by atoms with Gasteiger partial charge in [0.15, 0.2) is 5.16 Å². The first-order chi connectivity index (χ1) is 15.8. The summed E-state index contributed by atoms with van der Waals surface area (Å²) in [6.45, 7) is -1.21. The fourth-order valence-electron chi connectivity index (χ4n) is 3.21.